The molecule has 6 N–H and O–H groups in total. The van der Waals surface area contributed by atoms with Crippen LogP contribution in [0.25, 0.3) is 22.0 Å². The summed E-state index contributed by atoms with van der Waals surface area (Å²) in [5, 5.41) is 4.10. The molecular weight excluding hydrogens is 502 g/mol. The average molecular weight is 540 g/mol. The van der Waals surface area contributed by atoms with Crippen LogP contribution in [0.3, 0.4) is 0 Å². The van der Waals surface area contributed by atoms with Gasteiger partial charge in [-0.25, -0.2) is 9.97 Å². The fourth-order valence-corrected chi connectivity index (χ4v) is 5.69. The van der Waals surface area contributed by atoms with Crippen molar-refractivity contribution in [3.05, 3.63) is 77.7 Å². The molecule has 4 aromatic rings. The van der Waals surface area contributed by atoms with Crippen LogP contribution in [0.2, 0.25) is 0 Å². The Labute approximate surface area is 234 Å². The maximum atomic E-state index is 13.3. The molecule has 2 amide bonds. The van der Waals surface area contributed by atoms with Gasteiger partial charge in [0.25, 0.3) is 0 Å². The van der Waals surface area contributed by atoms with Gasteiger partial charge in [-0.1, -0.05) is 42.5 Å². The SMILES string of the molecule is CC(=O)NCCc1c(C2CCCN(C(=O)C[C@H](N)Cc3ccc(-c4cnc(N)nc4)cc3)C2)[nH]c2ccccc12. The molecule has 1 saturated heterocycles. The lowest BCUT2D eigenvalue weighted by Crippen LogP contribution is -2.42. The Kier molecular flexibility index (Phi) is 8.40. The Hall–Kier alpha value is -4.24. The van der Waals surface area contributed by atoms with Gasteiger partial charge in [0.1, 0.15) is 0 Å². The van der Waals surface area contributed by atoms with Gasteiger partial charge >= 0.3 is 0 Å². The number of carbonyl (C=O) groups is 2. The molecule has 9 nitrogen and oxygen atoms in total. The molecule has 1 aliphatic heterocycles. The van der Waals surface area contributed by atoms with Crippen molar-refractivity contribution in [2.45, 2.75) is 51.0 Å². The lowest BCUT2D eigenvalue weighted by Gasteiger charge is -2.33. The number of para-hydroxylation sites is 1. The lowest BCUT2D eigenvalue weighted by molar-refractivity contribution is -0.132. The summed E-state index contributed by atoms with van der Waals surface area (Å²) in [5.74, 6) is 0.543. The maximum Gasteiger partial charge on any atom is 0.224 e. The number of aromatic nitrogens is 3. The van der Waals surface area contributed by atoms with Crippen LogP contribution < -0.4 is 16.8 Å². The largest absolute Gasteiger partial charge is 0.368 e. The predicted molar refractivity (Wildman–Crippen MR) is 157 cm³/mol. The molecule has 2 atom stereocenters. The summed E-state index contributed by atoms with van der Waals surface area (Å²) in [4.78, 5) is 38.5. The van der Waals surface area contributed by atoms with Crippen molar-refractivity contribution >= 4 is 28.7 Å². The normalized spacial score (nSPS) is 16.1. The third kappa shape index (κ3) is 6.48. The number of nitrogens with zero attached hydrogens (tertiary/aromatic N) is 3. The van der Waals surface area contributed by atoms with Crippen molar-refractivity contribution in [1.29, 1.82) is 0 Å². The maximum absolute atomic E-state index is 13.3. The number of fused-ring (bicyclic) bond motifs is 1. The summed E-state index contributed by atoms with van der Waals surface area (Å²) >= 11 is 0. The fraction of sp³-hybridized carbons (Fsp3) is 0.355. The first kappa shape index (κ1) is 27.3. The zero-order chi connectivity index (χ0) is 28.1. The summed E-state index contributed by atoms with van der Waals surface area (Å²) in [5.41, 5.74) is 18.5. The number of nitrogens with two attached hydrogens (primary N) is 2. The zero-order valence-electron chi connectivity index (χ0n) is 22.9. The lowest BCUT2D eigenvalue weighted by atomic mass is 9.90. The van der Waals surface area contributed by atoms with Crippen LogP contribution in [0, 0.1) is 0 Å². The molecule has 1 aliphatic rings. The summed E-state index contributed by atoms with van der Waals surface area (Å²) < 4.78 is 0. The predicted octanol–water partition coefficient (Wildman–Crippen LogP) is 3.55. The van der Waals surface area contributed by atoms with E-state index in [9.17, 15) is 9.59 Å². The second kappa shape index (κ2) is 12.3. The molecule has 0 radical (unpaired) electrons. The van der Waals surface area contributed by atoms with E-state index >= 15 is 0 Å². The van der Waals surface area contributed by atoms with Gasteiger partial charge in [-0.3, -0.25) is 9.59 Å². The van der Waals surface area contributed by atoms with E-state index < -0.39 is 0 Å². The number of piperidine rings is 1. The zero-order valence-corrected chi connectivity index (χ0v) is 22.9. The van der Waals surface area contributed by atoms with Crippen LogP contribution in [0.5, 0.6) is 0 Å². The number of hydrogen-bond donors (Lipinski definition) is 4. The van der Waals surface area contributed by atoms with E-state index in [4.69, 9.17) is 11.5 Å². The molecule has 9 heteroatoms. The Morgan fingerprint density at radius 3 is 2.60 bits per heavy atom. The van der Waals surface area contributed by atoms with Crippen LogP contribution in [-0.4, -0.2) is 57.3 Å². The van der Waals surface area contributed by atoms with Gasteiger partial charge in [-0.15, -0.1) is 0 Å². The highest BCUT2D eigenvalue weighted by atomic mass is 16.2. The van der Waals surface area contributed by atoms with E-state index in [1.54, 1.807) is 12.4 Å². The third-order valence-electron chi connectivity index (χ3n) is 7.67. The van der Waals surface area contributed by atoms with Crippen molar-refractivity contribution in [3.63, 3.8) is 0 Å². The number of likely N-dealkylation sites (tertiary alicyclic amines) is 1. The minimum atomic E-state index is -0.264. The van der Waals surface area contributed by atoms with E-state index in [0.717, 1.165) is 48.0 Å². The Morgan fingerprint density at radius 2 is 1.85 bits per heavy atom. The molecular formula is C31H37N7O2. The highest BCUT2D eigenvalue weighted by molar-refractivity contribution is 5.85. The minimum Gasteiger partial charge on any atom is -0.368 e. The number of nitrogen functional groups attached to an aromatic ring is 1. The van der Waals surface area contributed by atoms with Gasteiger partial charge in [0.2, 0.25) is 17.8 Å². The summed E-state index contributed by atoms with van der Waals surface area (Å²) in [6.45, 7) is 3.55. The van der Waals surface area contributed by atoms with Gasteiger partial charge < -0.3 is 26.7 Å². The Balaban J connectivity index is 1.21. The summed E-state index contributed by atoms with van der Waals surface area (Å²) in [6, 6.07) is 16.1. The topological polar surface area (TPSA) is 143 Å². The van der Waals surface area contributed by atoms with Crippen LogP contribution in [-0.2, 0) is 22.4 Å². The molecule has 1 unspecified atom stereocenters. The second-order valence-electron chi connectivity index (χ2n) is 10.7. The van der Waals surface area contributed by atoms with Crippen molar-refractivity contribution in [2.24, 2.45) is 5.73 Å². The van der Waals surface area contributed by atoms with E-state index in [1.807, 2.05) is 41.3 Å². The molecule has 2 aromatic carbocycles. The number of rotatable bonds is 9. The van der Waals surface area contributed by atoms with Crippen LogP contribution in [0.4, 0.5) is 5.95 Å². The van der Waals surface area contributed by atoms with Crippen LogP contribution in [0.15, 0.2) is 60.9 Å². The number of nitrogens with one attached hydrogen (secondary N) is 2. The van der Waals surface area contributed by atoms with Crippen molar-refractivity contribution in [1.82, 2.24) is 25.2 Å². The van der Waals surface area contributed by atoms with Gasteiger partial charge in [0.05, 0.1) is 0 Å². The van der Waals surface area contributed by atoms with Gasteiger partial charge in [0.15, 0.2) is 0 Å². The average Bonchev–Trinajstić information content (AvgIpc) is 3.32. The van der Waals surface area contributed by atoms with Crippen LogP contribution >= 0.6 is 0 Å². The van der Waals surface area contributed by atoms with Crippen molar-refractivity contribution in [3.8, 4) is 11.1 Å². The third-order valence-corrected chi connectivity index (χ3v) is 7.67. The first-order valence-corrected chi connectivity index (χ1v) is 13.9. The second-order valence-corrected chi connectivity index (χ2v) is 10.7. The van der Waals surface area contributed by atoms with Crippen molar-refractivity contribution in [2.75, 3.05) is 25.4 Å². The van der Waals surface area contributed by atoms with Gasteiger partial charge in [-0.2, -0.15) is 0 Å². The van der Waals surface area contributed by atoms with Gasteiger partial charge in [-0.05, 0) is 48.4 Å². The number of amides is 2. The molecule has 0 spiro atoms. The highest BCUT2D eigenvalue weighted by Crippen LogP contribution is 2.33. The van der Waals surface area contributed by atoms with Gasteiger partial charge in [0, 0.05) is 79.5 Å². The highest BCUT2D eigenvalue weighted by Gasteiger charge is 2.28. The van der Waals surface area contributed by atoms with E-state index in [-0.39, 0.29) is 29.7 Å². The first-order chi connectivity index (χ1) is 19.4. The summed E-state index contributed by atoms with van der Waals surface area (Å²) in [7, 11) is 0. The number of anilines is 1. The number of benzene rings is 2. The molecule has 40 heavy (non-hydrogen) atoms. The molecule has 2 aromatic heterocycles. The summed E-state index contributed by atoms with van der Waals surface area (Å²) in [6.07, 6.45) is 7.05. The minimum absolute atomic E-state index is 0.0282. The molecule has 5 rings (SSSR count). The molecule has 1 fully saturated rings. The number of carbonyl (C=O) groups excluding carboxylic acids is 2. The van der Waals surface area contributed by atoms with E-state index in [2.05, 4.69) is 32.4 Å². The standard InChI is InChI=1S/C31H37N7O2/c1-20(39)34-13-12-27-26-6-2-3-7-28(26)37-30(27)23-5-4-14-38(19-23)29(40)16-25(32)15-21-8-10-22(11-9-21)24-17-35-31(33)36-18-24/h2-3,6-11,17-18,23,25,37H,4-5,12-16,19,32H2,1H3,(H,34,39)(H2,33,35,36)/t23?,25-/m1/s1. The molecule has 3 heterocycles. The van der Waals surface area contributed by atoms with E-state index in [0.29, 0.717) is 25.9 Å². The molecule has 208 valence electrons. The first-order valence-electron chi connectivity index (χ1n) is 13.9. The molecule has 0 bridgehead atoms. The Morgan fingerprint density at radius 1 is 1.10 bits per heavy atom. The number of hydrogen-bond acceptors (Lipinski definition) is 6. The molecule has 0 saturated carbocycles. The van der Waals surface area contributed by atoms with Crippen LogP contribution in [0.1, 0.15) is 48.9 Å². The molecule has 0 aliphatic carbocycles. The number of H-pyrrole nitrogens is 1. The van der Waals surface area contributed by atoms with E-state index in [1.165, 1.54) is 23.6 Å². The fourth-order valence-electron chi connectivity index (χ4n) is 5.69. The quantitative estimate of drug-likeness (QED) is 0.256. The Bertz CT molecular complexity index is 1460. The van der Waals surface area contributed by atoms with Crippen molar-refractivity contribution < 1.29 is 9.59 Å². The number of aromatic amines is 1. The smallest absolute Gasteiger partial charge is 0.224 e. The monoisotopic (exact) mass is 539 g/mol.